The SMILES string of the molecule is N[C@H](C/C=C/Cl)C(=O)O. The minimum absolute atomic E-state index is 0.277. The second kappa shape index (κ2) is 4.35. The summed E-state index contributed by atoms with van der Waals surface area (Å²) in [5.41, 5.74) is 6.35. The number of rotatable bonds is 3. The maximum atomic E-state index is 10.0. The van der Waals surface area contributed by atoms with Crippen molar-refractivity contribution in [2.24, 2.45) is 5.73 Å². The van der Waals surface area contributed by atoms with Crippen molar-refractivity contribution in [2.75, 3.05) is 0 Å². The fourth-order valence-corrected chi connectivity index (χ4v) is 0.402. The van der Waals surface area contributed by atoms with Crippen LogP contribution < -0.4 is 5.73 Å². The predicted octanol–water partition coefficient (Wildman–Crippen LogP) is 0.541. The monoisotopic (exact) mass is 149 g/mol. The molecule has 0 saturated carbocycles. The third kappa shape index (κ3) is 4.00. The molecule has 4 heteroatoms. The van der Waals surface area contributed by atoms with Gasteiger partial charge in [0.25, 0.3) is 0 Å². The Morgan fingerprint density at radius 1 is 1.89 bits per heavy atom. The van der Waals surface area contributed by atoms with E-state index < -0.39 is 12.0 Å². The second-order valence-electron chi connectivity index (χ2n) is 1.54. The summed E-state index contributed by atoms with van der Waals surface area (Å²) in [6.07, 6.45) is 1.78. The molecule has 0 rings (SSSR count). The van der Waals surface area contributed by atoms with Gasteiger partial charge in [0.1, 0.15) is 6.04 Å². The van der Waals surface area contributed by atoms with E-state index in [-0.39, 0.29) is 6.42 Å². The van der Waals surface area contributed by atoms with Crippen molar-refractivity contribution in [3.05, 3.63) is 11.6 Å². The van der Waals surface area contributed by atoms with Crippen molar-refractivity contribution in [2.45, 2.75) is 12.5 Å². The molecule has 0 aliphatic carbocycles. The van der Waals surface area contributed by atoms with Crippen LogP contribution in [0, 0.1) is 0 Å². The highest BCUT2D eigenvalue weighted by atomic mass is 35.5. The molecule has 3 nitrogen and oxygen atoms in total. The molecule has 0 heterocycles. The Labute approximate surface area is 58.1 Å². The van der Waals surface area contributed by atoms with E-state index in [0.29, 0.717) is 0 Å². The Morgan fingerprint density at radius 2 is 2.44 bits per heavy atom. The summed E-state index contributed by atoms with van der Waals surface area (Å²) in [4.78, 5) is 10.0. The lowest BCUT2D eigenvalue weighted by Crippen LogP contribution is -2.29. The summed E-state index contributed by atoms with van der Waals surface area (Å²) in [6, 6.07) is -0.833. The normalized spacial score (nSPS) is 14.0. The highest BCUT2D eigenvalue weighted by Gasteiger charge is 2.07. The molecule has 9 heavy (non-hydrogen) atoms. The van der Waals surface area contributed by atoms with Gasteiger partial charge in [0.2, 0.25) is 0 Å². The summed E-state index contributed by atoms with van der Waals surface area (Å²) in [7, 11) is 0. The average molecular weight is 150 g/mol. The Morgan fingerprint density at radius 3 is 2.78 bits per heavy atom. The van der Waals surface area contributed by atoms with Crippen molar-refractivity contribution in [3.63, 3.8) is 0 Å². The summed E-state index contributed by atoms with van der Waals surface area (Å²) in [5.74, 6) is -1.01. The number of nitrogens with two attached hydrogens (primary N) is 1. The lowest BCUT2D eigenvalue weighted by Gasteiger charge is -1.98. The van der Waals surface area contributed by atoms with Crippen LogP contribution in [0.5, 0.6) is 0 Å². The molecule has 0 aliphatic rings. The van der Waals surface area contributed by atoms with E-state index >= 15 is 0 Å². The van der Waals surface area contributed by atoms with Crippen molar-refractivity contribution in [1.29, 1.82) is 0 Å². The van der Waals surface area contributed by atoms with Gasteiger partial charge in [-0.2, -0.15) is 0 Å². The van der Waals surface area contributed by atoms with E-state index in [1.165, 1.54) is 11.6 Å². The Balaban J connectivity index is 3.50. The zero-order valence-corrected chi connectivity index (χ0v) is 5.51. The highest BCUT2D eigenvalue weighted by Crippen LogP contribution is 1.90. The van der Waals surface area contributed by atoms with Crippen LogP contribution >= 0.6 is 11.6 Å². The number of carboxylic acids is 1. The van der Waals surface area contributed by atoms with Gasteiger partial charge in [-0.3, -0.25) is 4.79 Å². The first kappa shape index (κ1) is 8.46. The third-order valence-electron chi connectivity index (χ3n) is 0.796. The molecule has 0 aromatic rings. The van der Waals surface area contributed by atoms with Gasteiger partial charge in [-0.1, -0.05) is 17.7 Å². The van der Waals surface area contributed by atoms with E-state index in [4.69, 9.17) is 22.4 Å². The summed E-state index contributed by atoms with van der Waals surface area (Å²) >= 11 is 5.12. The molecule has 0 amide bonds. The Hall–Kier alpha value is -0.540. The lowest BCUT2D eigenvalue weighted by molar-refractivity contribution is -0.138. The quantitative estimate of drug-likeness (QED) is 0.616. The van der Waals surface area contributed by atoms with Crippen LogP contribution in [-0.2, 0) is 4.79 Å². The molecule has 0 aromatic heterocycles. The zero-order chi connectivity index (χ0) is 7.28. The number of carbonyl (C=O) groups is 1. The standard InChI is InChI=1S/C5H8ClNO2/c6-3-1-2-4(7)5(8)9/h1,3-4H,2,7H2,(H,8,9)/b3-1+/t4-/m1/s1. The van der Waals surface area contributed by atoms with Crippen molar-refractivity contribution >= 4 is 17.6 Å². The topological polar surface area (TPSA) is 63.3 Å². The molecular weight excluding hydrogens is 142 g/mol. The van der Waals surface area contributed by atoms with Crippen LogP contribution in [0.15, 0.2) is 11.6 Å². The second-order valence-corrected chi connectivity index (χ2v) is 1.79. The Bertz CT molecular complexity index is 124. The van der Waals surface area contributed by atoms with E-state index in [1.54, 1.807) is 0 Å². The lowest BCUT2D eigenvalue weighted by atomic mass is 10.2. The molecule has 0 spiro atoms. The van der Waals surface area contributed by atoms with Crippen LogP contribution in [0.4, 0.5) is 0 Å². The molecule has 0 aliphatic heterocycles. The molecular formula is C5H8ClNO2. The molecule has 52 valence electrons. The van der Waals surface area contributed by atoms with Gasteiger partial charge < -0.3 is 10.8 Å². The van der Waals surface area contributed by atoms with Gasteiger partial charge in [0.15, 0.2) is 0 Å². The van der Waals surface area contributed by atoms with Gasteiger partial charge in [0, 0.05) is 5.54 Å². The number of hydrogen-bond donors (Lipinski definition) is 2. The van der Waals surface area contributed by atoms with E-state index in [1.807, 2.05) is 0 Å². The smallest absolute Gasteiger partial charge is 0.320 e. The van der Waals surface area contributed by atoms with Crippen LogP contribution in [0.3, 0.4) is 0 Å². The number of hydrogen-bond acceptors (Lipinski definition) is 2. The Kier molecular flexibility index (Phi) is 4.09. The van der Waals surface area contributed by atoms with Crippen LogP contribution in [0.1, 0.15) is 6.42 Å². The summed E-state index contributed by atoms with van der Waals surface area (Å²) < 4.78 is 0. The molecule has 0 bridgehead atoms. The molecule has 0 saturated heterocycles. The third-order valence-corrected chi connectivity index (χ3v) is 0.974. The maximum absolute atomic E-state index is 10.0. The van der Waals surface area contributed by atoms with E-state index in [9.17, 15) is 4.79 Å². The van der Waals surface area contributed by atoms with Crippen LogP contribution in [0.25, 0.3) is 0 Å². The summed E-state index contributed by atoms with van der Waals surface area (Å²) in [5, 5.41) is 8.21. The fourth-order valence-electron chi connectivity index (χ4n) is 0.299. The van der Waals surface area contributed by atoms with Gasteiger partial charge in [-0.05, 0) is 6.42 Å². The molecule has 1 atom stereocenters. The molecule has 0 aromatic carbocycles. The molecule has 3 N–H and O–H groups in total. The van der Waals surface area contributed by atoms with Crippen molar-refractivity contribution in [3.8, 4) is 0 Å². The molecule has 0 unspecified atom stereocenters. The van der Waals surface area contributed by atoms with Gasteiger partial charge >= 0.3 is 5.97 Å². The van der Waals surface area contributed by atoms with Crippen LogP contribution in [0.2, 0.25) is 0 Å². The van der Waals surface area contributed by atoms with Crippen molar-refractivity contribution in [1.82, 2.24) is 0 Å². The summed E-state index contributed by atoms with van der Waals surface area (Å²) in [6.45, 7) is 0. The van der Waals surface area contributed by atoms with Gasteiger partial charge in [-0.25, -0.2) is 0 Å². The number of aliphatic carboxylic acids is 1. The first-order valence-electron chi connectivity index (χ1n) is 2.42. The minimum Gasteiger partial charge on any atom is -0.480 e. The zero-order valence-electron chi connectivity index (χ0n) is 4.75. The van der Waals surface area contributed by atoms with E-state index in [0.717, 1.165) is 0 Å². The van der Waals surface area contributed by atoms with Gasteiger partial charge in [-0.15, -0.1) is 0 Å². The fraction of sp³-hybridized carbons (Fsp3) is 0.400. The maximum Gasteiger partial charge on any atom is 0.320 e. The highest BCUT2D eigenvalue weighted by molar-refractivity contribution is 6.25. The molecule has 0 radical (unpaired) electrons. The van der Waals surface area contributed by atoms with Crippen LogP contribution in [-0.4, -0.2) is 17.1 Å². The molecule has 0 fully saturated rings. The first-order valence-corrected chi connectivity index (χ1v) is 2.85. The largest absolute Gasteiger partial charge is 0.480 e. The average Bonchev–Trinajstić information content (AvgIpc) is 1.82. The van der Waals surface area contributed by atoms with Gasteiger partial charge in [0.05, 0.1) is 0 Å². The minimum atomic E-state index is -1.01. The van der Waals surface area contributed by atoms with E-state index in [2.05, 4.69) is 0 Å². The van der Waals surface area contributed by atoms with Crippen molar-refractivity contribution < 1.29 is 9.90 Å². The number of carboxylic acid groups (broad SMARTS) is 1. The first-order chi connectivity index (χ1) is 4.18. The number of halogens is 1. The predicted molar refractivity (Wildman–Crippen MR) is 35.2 cm³/mol.